The van der Waals surface area contributed by atoms with E-state index >= 15 is 0 Å². The Hall–Kier alpha value is -3.46. The highest BCUT2D eigenvalue weighted by Gasteiger charge is 2.33. The average Bonchev–Trinajstić information content (AvgIpc) is 3.35. The van der Waals surface area contributed by atoms with Crippen molar-refractivity contribution in [3.8, 4) is 0 Å². The average molecular weight is 619 g/mol. The molecule has 2 aromatic carbocycles. The number of nitrogens with one attached hydrogen (secondary N) is 2. The predicted molar refractivity (Wildman–Crippen MR) is 158 cm³/mol. The molecular weight excluding hydrogens is 599 g/mol. The molecule has 2 aliphatic heterocycles. The zero-order valence-corrected chi connectivity index (χ0v) is 23.8. The van der Waals surface area contributed by atoms with E-state index in [1.165, 1.54) is 46.2 Å². The number of nitrogens with zero attached hydrogens (tertiary/aromatic N) is 2. The van der Waals surface area contributed by atoms with Crippen LogP contribution in [-0.4, -0.2) is 55.2 Å². The second-order valence-electron chi connectivity index (χ2n) is 8.31. The minimum Gasteiger partial charge on any atom is -0.292 e. The molecule has 0 saturated carbocycles. The summed E-state index contributed by atoms with van der Waals surface area (Å²) in [5.74, 6) is -2.97. The minimum absolute atomic E-state index is 0.0358. The first-order chi connectivity index (χ1) is 19.1. The van der Waals surface area contributed by atoms with E-state index in [1.54, 1.807) is 24.3 Å². The molecule has 0 unspecified atom stereocenters. The van der Waals surface area contributed by atoms with Crippen LogP contribution in [0.2, 0.25) is 0 Å². The molecule has 0 bridgehead atoms. The molecule has 2 N–H and O–H groups in total. The highest BCUT2D eigenvalue weighted by atomic mass is 32.2. The first kappa shape index (κ1) is 29.5. The van der Waals surface area contributed by atoms with Crippen LogP contribution >= 0.6 is 48.0 Å². The highest BCUT2D eigenvalue weighted by molar-refractivity contribution is 8.27. The summed E-state index contributed by atoms with van der Waals surface area (Å²) in [6, 6.07) is 12.0. The number of hydrogen-bond acceptors (Lipinski definition) is 8. The number of amides is 4. The highest BCUT2D eigenvalue weighted by Crippen LogP contribution is 2.34. The van der Waals surface area contributed by atoms with Gasteiger partial charge < -0.3 is 0 Å². The SMILES string of the molecule is O=C(CCN1C(=O)C(=Cc2ccccc2F)SC1=S)NNC(=O)CCN1C(=O)C(=Cc2ccccc2F)SC1=S. The lowest BCUT2D eigenvalue weighted by Crippen LogP contribution is -2.44. The Kier molecular flexibility index (Phi) is 9.79. The second-order valence-corrected chi connectivity index (χ2v) is 11.7. The third-order valence-corrected chi connectivity index (χ3v) is 8.35. The number of hydrazine groups is 1. The monoisotopic (exact) mass is 618 g/mol. The molecule has 0 spiro atoms. The van der Waals surface area contributed by atoms with Crippen LogP contribution in [0.5, 0.6) is 0 Å². The van der Waals surface area contributed by atoms with Crippen LogP contribution in [0.1, 0.15) is 24.0 Å². The van der Waals surface area contributed by atoms with Gasteiger partial charge in [-0.15, -0.1) is 0 Å². The number of hydrogen-bond donors (Lipinski definition) is 2. The third-order valence-electron chi connectivity index (χ3n) is 5.60. The summed E-state index contributed by atoms with van der Waals surface area (Å²) in [7, 11) is 0. The maximum absolute atomic E-state index is 13.9. The molecule has 0 atom stereocenters. The molecule has 0 radical (unpaired) electrons. The molecule has 0 aromatic heterocycles. The Morgan fingerprint density at radius 1 is 0.725 bits per heavy atom. The Labute approximate surface area is 247 Å². The molecule has 4 rings (SSSR count). The molecule has 2 aromatic rings. The normalized spacial score (nSPS) is 17.4. The van der Waals surface area contributed by atoms with Gasteiger partial charge in [-0.3, -0.25) is 39.8 Å². The van der Waals surface area contributed by atoms with Crippen molar-refractivity contribution in [2.75, 3.05) is 13.1 Å². The molecule has 4 amide bonds. The summed E-state index contributed by atoms with van der Waals surface area (Å²) >= 11 is 12.5. The maximum Gasteiger partial charge on any atom is 0.266 e. The topological polar surface area (TPSA) is 98.8 Å². The van der Waals surface area contributed by atoms with E-state index in [2.05, 4.69) is 10.9 Å². The zero-order valence-electron chi connectivity index (χ0n) is 20.5. The Morgan fingerprint density at radius 3 is 1.48 bits per heavy atom. The van der Waals surface area contributed by atoms with Crippen molar-refractivity contribution in [1.29, 1.82) is 0 Å². The number of carbonyl (C=O) groups is 4. The van der Waals surface area contributed by atoms with E-state index in [1.807, 2.05) is 0 Å². The summed E-state index contributed by atoms with van der Waals surface area (Å²) < 4.78 is 28.3. The van der Waals surface area contributed by atoms with Crippen LogP contribution in [0, 0.1) is 11.6 Å². The Balaban J connectivity index is 1.22. The van der Waals surface area contributed by atoms with E-state index in [0.29, 0.717) is 0 Å². The fourth-order valence-corrected chi connectivity index (χ4v) is 6.14. The zero-order chi connectivity index (χ0) is 28.8. The smallest absolute Gasteiger partial charge is 0.266 e. The molecule has 2 heterocycles. The minimum atomic E-state index is -0.570. The molecule has 2 saturated heterocycles. The first-order valence-corrected chi connectivity index (χ1v) is 14.2. The fraction of sp³-hybridized carbons (Fsp3) is 0.154. The van der Waals surface area contributed by atoms with Gasteiger partial charge in [0.1, 0.15) is 20.3 Å². The molecule has 2 fully saturated rings. The lowest BCUT2D eigenvalue weighted by atomic mass is 10.2. The van der Waals surface area contributed by atoms with Crippen molar-refractivity contribution in [1.82, 2.24) is 20.7 Å². The van der Waals surface area contributed by atoms with Gasteiger partial charge in [-0.2, -0.15) is 0 Å². The lowest BCUT2D eigenvalue weighted by molar-refractivity contribution is -0.130. The number of benzene rings is 2. The van der Waals surface area contributed by atoms with Gasteiger partial charge in [-0.25, -0.2) is 8.78 Å². The largest absolute Gasteiger partial charge is 0.292 e. The lowest BCUT2D eigenvalue weighted by Gasteiger charge is -2.15. The summed E-state index contributed by atoms with van der Waals surface area (Å²) in [6.45, 7) is -0.0717. The van der Waals surface area contributed by atoms with Crippen molar-refractivity contribution >= 4 is 92.4 Å². The fourth-order valence-electron chi connectivity index (χ4n) is 3.54. The van der Waals surface area contributed by atoms with Crippen molar-refractivity contribution in [2.45, 2.75) is 12.8 Å². The maximum atomic E-state index is 13.9. The quantitative estimate of drug-likeness (QED) is 0.261. The second kappa shape index (κ2) is 13.3. The van der Waals surface area contributed by atoms with Crippen LogP contribution in [0.3, 0.4) is 0 Å². The standard InChI is InChI=1S/C26H20F2N4O4S4/c27-17-7-3-1-5-15(17)13-19-23(35)31(25(37)39-19)11-9-21(33)29-30-22(34)10-12-32-24(36)20(40-26(32)38)14-16-6-2-4-8-18(16)28/h1-8,13-14H,9-12H2,(H,29,33)(H,30,34). The number of carbonyl (C=O) groups excluding carboxylic acids is 4. The van der Waals surface area contributed by atoms with E-state index in [0.717, 1.165) is 23.5 Å². The van der Waals surface area contributed by atoms with E-state index in [4.69, 9.17) is 24.4 Å². The van der Waals surface area contributed by atoms with Crippen molar-refractivity contribution < 1.29 is 28.0 Å². The summed E-state index contributed by atoms with van der Waals surface area (Å²) in [5.41, 5.74) is 5.00. The van der Waals surface area contributed by atoms with Crippen molar-refractivity contribution in [3.05, 3.63) is 81.1 Å². The van der Waals surface area contributed by atoms with Gasteiger partial charge in [0.25, 0.3) is 11.8 Å². The third kappa shape index (κ3) is 7.18. The van der Waals surface area contributed by atoms with Gasteiger partial charge in [-0.05, 0) is 24.3 Å². The number of thioether (sulfide) groups is 2. The number of rotatable bonds is 8. The van der Waals surface area contributed by atoms with E-state index in [-0.39, 0.29) is 55.5 Å². The van der Waals surface area contributed by atoms with Gasteiger partial charge in [0.15, 0.2) is 0 Å². The molecule has 206 valence electrons. The van der Waals surface area contributed by atoms with Crippen LogP contribution in [-0.2, 0) is 19.2 Å². The summed E-state index contributed by atoms with van der Waals surface area (Å²) in [4.78, 5) is 52.8. The Morgan fingerprint density at radius 2 is 1.10 bits per heavy atom. The van der Waals surface area contributed by atoms with Crippen LogP contribution < -0.4 is 10.9 Å². The van der Waals surface area contributed by atoms with Gasteiger partial charge in [0.05, 0.1) is 9.81 Å². The van der Waals surface area contributed by atoms with Gasteiger partial charge in [0.2, 0.25) is 11.8 Å². The summed E-state index contributed by atoms with van der Waals surface area (Å²) in [5, 5.41) is 0. The number of halogens is 2. The van der Waals surface area contributed by atoms with Gasteiger partial charge >= 0.3 is 0 Å². The van der Waals surface area contributed by atoms with Crippen molar-refractivity contribution in [2.24, 2.45) is 0 Å². The molecule has 2 aliphatic rings. The van der Waals surface area contributed by atoms with Crippen LogP contribution in [0.15, 0.2) is 58.3 Å². The summed E-state index contributed by atoms with van der Waals surface area (Å²) in [6.07, 6.45) is 2.50. The Bertz CT molecular complexity index is 1370. The van der Waals surface area contributed by atoms with Gasteiger partial charge in [-0.1, -0.05) is 84.4 Å². The first-order valence-electron chi connectivity index (χ1n) is 11.7. The van der Waals surface area contributed by atoms with Crippen LogP contribution in [0.4, 0.5) is 8.78 Å². The molecule has 8 nitrogen and oxygen atoms in total. The molecule has 0 aliphatic carbocycles. The van der Waals surface area contributed by atoms with E-state index in [9.17, 15) is 28.0 Å². The van der Waals surface area contributed by atoms with E-state index < -0.39 is 35.3 Å². The molecular formula is C26H20F2N4O4S4. The molecule has 14 heteroatoms. The van der Waals surface area contributed by atoms with Gasteiger partial charge in [0, 0.05) is 37.1 Å². The predicted octanol–water partition coefficient (Wildman–Crippen LogP) is 4.00. The van der Waals surface area contributed by atoms with Crippen LogP contribution in [0.25, 0.3) is 12.2 Å². The van der Waals surface area contributed by atoms with Crippen molar-refractivity contribution in [3.63, 3.8) is 0 Å². The molecule has 40 heavy (non-hydrogen) atoms. The number of thiocarbonyl (C=S) groups is 2.